The van der Waals surface area contributed by atoms with Crippen LogP contribution >= 0.6 is 0 Å². The van der Waals surface area contributed by atoms with Crippen LogP contribution in [0.5, 0.6) is 0 Å². The molecule has 14 heavy (non-hydrogen) atoms. The molecule has 0 saturated carbocycles. The Morgan fingerprint density at radius 3 is 2.57 bits per heavy atom. The molecule has 0 saturated heterocycles. The standard InChI is InChI=1S/C11H8N2O/c1-8-2-4-9(5-3-8)11-6-10(7-12)13-14-11/h2-6H,1H3. The van der Waals surface area contributed by atoms with Crippen LogP contribution in [0.1, 0.15) is 11.3 Å². The molecule has 1 aromatic heterocycles. The Labute approximate surface area is 81.6 Å². The van der Waals surface area contributed by atoms with E-state index in [0.29, 0.717) is 11.5 Å². The third kappa shape index (κ3) is 1.50. The van der Waals surface area contributed by atoms with E-state index in [1.54, 1.807) is 6.07 Å². The van der Waals surface area contributed by atoms with Crippen molar-refractivity contribution in [3.8, 4) is 17.4 Å². The molecule has 0 aliphatic carbocycles. The van der Waals surface area contributed by atoms with E-state index in [1.807, 2.05) is 37.3 Å². The molecule has 0 fully saturated rings. The van der Waals surface area contributed by atoms with E-state index in [1.165, 1.54) is 5.56 Å². The molecule has 2 rings (SSSR count). The van der Waals surface area contributed by atoms with E-state index in [-0.39, 0.29) is 0 Å². The van der Waals surface area contributed by atoms with Gasteiger partial charge in [0.2, 0.25) is 0 Å². The van der Waals surface area contributed by atoms with Gasteiger partial charge in [-0.05, 0) is 6.92 Å². The first-order valence-corrected chi connectivity index (χ1v) is 4.23. The van der Waals surface area contributed by atoms with E-state index in [2.05, 4.69) is 5.16 Å². The number of nitriles is 1. The van der Waals surface area contributed by atoms with Gasteiger partial charge in [-0.2, -0.15) is 5.26 Å². The van der Waals surface area contributed by atoms with Crippen LogP contribution < -0.4 is 0 Å². The van der Waals surface area contributed by atoms with Crippen molar-refractivity contribution < 1.29 is 4.52 Å². The molecule has 0 radical (unpaired) electrons. The summed E-state index contributed by atoms with van der Waals surface area (Å²) in [5.41, 5.74) is 2.43. The minimum atomic E-state index is 0.306. The number of aromatic nitrogens is 1. The van der Waals surface area contributed by atoms with Crippen molar-refractivity contribution in [2.24, 2.45) is 0 Å². The first-order valence-electron chi connectivity index (χ1n) is 4.23. The molecule has 3 nitrogen and oxygen atoms in total. The van der Waals surface area contributed by atoms with E-state index >= 15 is 0 Å². The molecule has 0 unspecified atom stereocenters. The van der Waals surface area contributed by atoms with E-state index in [9.17, 15) is 0 Å². The summed E-state index contributed by atoms with van der Waals surface area (Å²) in [4.78, 5) is 0. The molecule has 0 bridgehead atoms. The molecule has 0 aliphatic rings. The third-order valence-electron chi connectivity index (χ3n) is 1.96. The van der Waals surface area contributed by atoms with Crippen LogP contribution in [0.2, 0.25) is 0 Å². The molecule has 0 N–H and O–H groups in total. The summed E-state index contributed by atoms with van der Waals surface area (Å²) in [5.74, 6) is 0.626. The lowest BCUT2D eigenvalue weighted by atomic mass is 10.1. The van der Waals surface area contributed by atoms with Gasteiger partial charge in [0.25, 0.3) is 0 Å². The highest BCUT2D eigenvalue weighted by Gasteiger charge is 2.04. The average Bonchev–Trinajstić information content (AvgIpc) is 2.67. The molecule has 0 amide bonds. The number of benzene rings is 1. The van der Waals surface area contributed by atoms with E-state index in [0.717, 1.165) is 5.56 Å². The van der Waals surface area contributed by atoms with Crippen LogP contribution in [0.3, 0.4) is 0 Å². The molecule has 2 aromatic rings. The average molecular weight is 184 g/mol. The topological polar surface area (TPSA) is 49.8 Å². The Hall–Kier alpha value is -2.08. The zero-order valence-electron chi connectivity index (χ0n) is 7.69. The number of rotatable bonds is 1. The molecule has 0 spiro atoms. The maximum Gasteiger partial charge on any atom is 0.184 e. The molecule has 3 heteroatoms. The Kier molecular flexibility index (Phi) is 2.04. The van der Waals surface area contributed by atoms with Gasteiger partial charge in [0.05, 0.1) is 0 Å². The summed E-state index contributed by atoms with van der Waals surface area (Å²) < 4.78 is 5.01. The van der Waals surface area contributed by atoms with Gasteiger partial charge < -0.3 is 4.52 Å². The lowest BCUT2D eigenvalue weighted by Gasteiger charge is -1.94. The first-order chi connectivity index (χ1) is 6.79. The summed E-state index contributed by atoms with van der Waals surface area (Å²) >= 11 is 0. The van der Waals surface area contributed by atoms with Crippen molar-refractivity contribution in [1.29, 1.82) is 5.26 Å². The Morgan fingerprint density at radius 2 is 2.00 bits per heavy atom. The molecular weight excluding hydrogens is 176 g/mol. The largest absolute Gasteiger partial charge is 0.355 e. The van der Waals surface area contributed by atoms with Gasteiger partial charge in [0.1, 0.15) is 6.07 Å². The van der Waals surface area contributed by atoms with E-state index in [4.69, 9.17) is 9.78 Å². The SMILES string of the molecule is Cc1ccc(-c2cc(C#N)no2)cc1. The monoisotopic (exact) mass is 184 g/mol. The summed E-state index contributed by atoms with van der Waals surface area (Å²) in [7, 11) is 0. The Bertz CT molecular complexity index is 477. The number of hydrogen-bond donors (Lipinski definition) is 0. The lowest BCUT2D eigenvalue weighted by molar-refractivity contribution is 0.430. The van der Waals surface area contributed by atoms with Crippen molar-refractivity contribution in [2.75, 3.05) is 0 Å². The smallest absolute Gasteiger partial charge is 0.184 e. The minimum absolute atomic E-state index is 0.306. The highest BCUT2D eigenvalue weighted by atomic mass is 16.5. The normalized spacial score (nSPS) is 9.71. The van der Waals surface area contributed by atoms with Gasteiger partial charge in [0, 0.05) is 11.6 Å². The molecule has 68 valence electrons. The summed E-state index contributed by atoms with van der Waals surface area (Å²) in [5, 5.41) is 12.2. The zero-order chi connectivity index (χ0) is 9.97. The van der Waals surface area contributed by atoms with Gasteiger partial charge in [-0.15, -0.1) is 0 Å². The second kappa shape index (κ2) is 3.35. The summed E-state index contributed by atoms with van der Waals surface area (Å²) in [6, 6.07) is 11.4. The zero-order valence-corrected chi connectivity index (χ0v) is 7.69. The Morgan fingerprint density at radius 1 is 1.29 bits per heavy atom. The predicted octanol–water partition coefficient (Wildman–Crippen LogP) is 2.52. The lowest BCUT2D eigenvalue weighted by Crippen LogP contribution is -1.74. The molecular formula is C11H8N2O. The van der Waals surface area contributed by atoms with E-state index < -0.39 is 0 Å². The van der Waals surface area contributed by atoms with Crippen LogP contribution in [-0.2, 0) is 0 Å². The van der Waals surface area contributed by atoms with Gasteiger partial charge in [-0.1, -0.05) is 35.0 Å². The fraction of sp³-hybridized carbons (Fsp3) is 0.0909. The summed E-state index contributed by atoms with van der Waals surface area (Å²) in [6.07, 6.45) is 0. The van der Waals surface area contributed by atoms with Gasteiger partial charge in [-0.25, -0.2) is 0 Å². The molecule has 1 aromatic carbocycles. The van der Waals surface area contributed by atoms with Crippen LogP contribution in [-0.4, -0.2) is 5.16 Å². The molecule has 0 aliphatic heterocycles. The second-order valence-corrected chi connectivity index (χ2v) is 3.05. The highest BCUT2D eigenvalue weighted by molar-refractivity contribution is 5.58. The third-order valence-corrected chi connectivity index (χ3v) is 1.96. The van der Waals surface area contributed by atoms with Crippen LogP contribution in [0.4, 0.5) is 0 Å². The van der Waals surface area contributed by atoms with Crippen molar-refractivity contribution in [3.63, 3.8) is 0 Å². The van der Waals surface area contributed by atoms with Crippen molar-refractivity contribution in [1.82, 2.24) is 5.16 Å². The maximum absolute atomic E-state index is 8.57. The molecule has 0 atom stereocenters. The van der Waals surface area contributed by atoms with Gasteiger partial charge >= 0.3 is 0 Å². The van der Waals surface area contributed by atoms with Gasteiger partial charge in [-0.3, -0.25) is 0 Å². The van der Waals surface area contributed by atoms with Crippen LogP contribution in [0.25, 0.3) is 11.3 Å². The maximum atomic E-state index is 8.57. The Balaban J connectivity index is 2.40. The van der Waals surface area contributed by atoms with Crippen molar-refractivity contribution in [3.05, 3.63) is 41.6 Å². The quantitative estimate of drug-likeness (QED) is 0.684. The van der Waals surface area contributed by atoms with Crippen molar-refractivity contribution in [2.45, 2.75) is 6.92 Å². The fourth-order valence-electron chi connectivity index (χ4n) is 1.18. The highest BCUT2D eigenvalue weighted by Crippen LogP contribution is 2.20. The van der Waals surface area contributed by atoms with Crippen LogP contribution in [0, 0.1) is 18.3 Å². The van der Waals surface area contributed by atoms with Crippen molar-refractivity contribution >= 4 is 0 Å². The molecule has 1 heterocycles. The summed E-state index contributed by atoms with van der Waals surface area (Å²) in [6.45, 7) is 2.02. The number of nitrogens with zero attached hydrogens (tertiary/aromatic N) is 2. The number of aryl methyl sites for hydroxylation is 1. The van der Waals surface area contributed by atoms with Crippen LogP contribution in [0.15, 0.2) is 34.9 Å². The first kappa shape index (κ1) is 8.52. The predicted molar refractivity (Wildman–Crippen MR) is 51.4 cm³/mol. The number of hydrogen-bond acceptors (Lipinski definition) is 3. The minimum Gasteiger partial charge on any atom is -0.355 e. The van der Waals surface area contributed by atoms with Gasteiger partial charge in [0.15, 0.2) is 11.5 Å². The second-order valence-electron chi connectivity index (χ2n) is 3.05. The fourth-order valence-corrected chi connectivity index (χ4v) is 1.18.